The molecule has 0 bridgehead atoms. The van der Waals surface area contributed by atoms with Crippen LogP contribution >= 0.6 is 0 Å². The van der Waals surface area contributed by atoms with E-state index in [2.05, 4.69) is 0 Å². The van der Waals surface area contributed by atoms with Crippen LogP contribution in [0.2, 0.25) is 0 Å². The Morgan fingerprint density at radius 2 is 2.00 bits per heavy atom. The third kappa shape index (κ3) is 5.72. The van der Waals surface area contributed by atoms with Crippen LogP contribution in [0.15, 0.2) is 11.8 Å². The SMILES string of the molecule is CCCCO/C(=C/C(=O)O)C(=O)O. The quantitative estimate of drug-likeness (QED) is 0.367. The fourth-order valence-corrected chi connectivity index (χ4v) is 0.604. The molecule has 0 saturated heterocycles. The van der Waals surface area contributed by atoms with Crippen LogP contribution in [0.1, 0.15) is 19.8 Å². The van der Waals surface area contributed by atoms with Crippen molar-refractivity contribution in [3.05, 3.63) is 11.8 Å². The Balaban J connectivity index is 4.11. The Kier molecular flexibility index (Phi) is 5.34. The highest BCUT2D eigenvalue weighted by molar-refractivity contribution is 5.92. The summed E-state index contributed by atoms with van der Waals surface area (Å²) in [5, 5.41) is 16.7. The summed E-state index contributed by atoms with van der Waals surface area (Å²) >= 11 is 0. The molecule has 0 aliphatic carbocycles. The van der Waals surface area contributed by atoms with Gasteiger partial charge in [-0.1, -0.05) is 13.3 Å². The fraction of sp³-hybridized carbons (Fsp3) is 0.500. The van der Waals surface area contributed by atoms with Gasteiger partial charge in [0.25, 0.3) is 0 Å². The minimum atomic E-state index is -1.36. The van der Waals surface area contributed by atoms with Crippen molar-refractivity contribution in [3.63, 3.8) is 0 Å². The van der Waals surface area contributed by atoms with E-state index in [0.717, 1.165) is 6.42 Å². The third-order valence-corrected chi connectivity index (χ3v) is 1.22. The first-order valence-corrected chi connectivity index (χ1v) is 3.88. The number of unbranched alkanes of at least 4 members (excludes halogenated alkanes) is 1. The molecule has 0 heterocycles. The zero-order valence-electron chi connectivity index (χ0n) is 7.32. The number of hydrogen-bond acceptors (Lipinski definition) is 3. The number of ether oxygens (including phenoxy) is 1. The molecule has 0 fully saturated rings. The van der Waals surface area contributed by atoms with Crippen molar-refractivity contribution in [2.45, 2.75) is 19.8 Å². The van der Waals surface area contributed by atoms with E-state index in [4.69, 9.17) is 14.9 Å². The summed E-state index contributed by atoms with van der Waals surface area (Å²) in [6.45, 7) is 2.15. The van der Waals surface area contributed by atoms with E-state index in [-0.39, 0.29) is 6.61 Å². The Labute approximate surface area is 75.6 Å². The Morgan fingerprint density at radius 3 is 2.38 bits per heavy atom. The summed E-state index contributed by atoms with van der Waals surface area (Å²) in [6, 6.07) is 0. The summed E-state index contributed by atoms with van der Waals surface area (Å²) in [7, 11) is 0. The van der Waals surface area contributed by atoms with Crippen molar-refractivity contribution >= 4 is 11.9 Å². The molecule has 0 aromatic carbocycles. The van der Waals surface area contributed by atoms with Gasteiger partial charge in [-0.25, -0.2) is 9.59 Å². The number of hydrogen-bond donors (Lipinski definition) is 2. The molecule has 5 nitrogen and oxygen atoms in total. The van der Waals surface area contributed by atoms with Gasteiger partial charge in [0, 0.05) is 0 Å². The highest BCUT2D eigenvalue weighted by atomic mass is 16.5. The molecule has 0 aliphatic rings. The Bertz CT molecular complexity index is 219. The van der Waals surface area contributed by atoms with Gasteiger partial charge in [0.2, 0.25) is 5.76 Å². The molecule has 0 aromatic heterocycles. The first-order chi connectivity index (χ1) is 6.07. The fourth-order valence-electron chi connectivity index (χ4n) is 0.604. The van der Waals surface area contributed by atoms with E-state index < -0.39 is 17.7 Å². The number of carboxylic acids is 2. The maximum Gasteiger partial charge on any atom is 0.371 e. The molecule has 13 heavy (non-hydrogen) atoms. The van der Waals surface area contributed by atoms with Gasteiger partial charge in [-0.3, -0.25) is 0 Å². The summed E-state index contributed by atoms with van der Waals surface area (Å²) in [5.41, 5.74) is 0. The van der Waals surface area contributed by atoms with E-state index in [1.54, 1.807) is 0 Å². The molecular formula is C8H12O5. The monoisotopic (exact) mass is 188 g/mol. The van der Waals surface area contributed by atoms with Gasteiger partial charge in [-0.2, -0.15) is 0 Å². The van der Waals surface area contributed by atoms with Crippen molar-refractivity contribution in [1.29, 1.82) is 0 Å². The zero-order chi connectivity index (χ0) is 10.3. The Morgan fingerprint density at radius 1 is 1.38 bits per heavy atom. The number of carboxylic acid groups (broad SMARTS) is 2. The van der Waals surface area contributed by atoms with E-state index in [1.165, 1.54) is 0 Å². The molecule has 74 valence electrons. The lowest BCUT2D eigenvalue weighted by atomic mass is 10.3. The number of aliphatic carboxylic acids is 2. The first kappa shape index (κ1) is 11.5. The average Bonchev–Trinajstić information content (AvgIpc) is 2.02. The van der Waals surface area contributed by atoms with Crippen LogP contribution in [0.5, 0.6) is 0 Å². The zero-order valence-corrected chi connectivity index (χ0v) is 7.32. The van der Waals surface area contributed by atoms with Crippen molar-refractivity contribution in [2.24, 2.45) is 0 Å². The molecule has 0 radical (unpaired) electrons. The molecule has 0 atom stereocenters. The van der Waals surface area contributed by atoms with Crippen LogP contribution < -0.4 is 0 Å². The van der Waals surface area contributed by atoms with Gasteiger partial charge in [0.05, 0.1) is 12.7 Å². The topological polar surface area (TPSA) is 83.8 Å². The molecule has 0 aliphatic heterocycles. The minimum Gasteiger partial charge on any atom is -0.486 e. The van der Waals surface area contributed by atoms with Gasteiger partial charge in [-0.15, -0.1) is 0 Å². The van der Waals surface area contributed by atoms with Gasteiger partial charge >= 0.3 is 11.9 Å². The molecule has 0 rings (SSSR count). The van der Waals surface area contributed by atoms with Crippen LogP contribution in [0.25, 0.3) is 0 Å². The van der Waals surface area contributed by atoms with E-state index in [0.29, 0.717) is 12.5 Å². The summed E-state index contributed by atoms with van der Waals surface area (Å²) in [6.07, 6.45) is 2.10. The van der Waals surface area contributed by atoms with Crippen molar-refractivity contribution < 1.29 is 24.5 Å². The van der Waals surface area contributed by atoms with E-state index in [1.807, 2.05) is 6.92 Å². The van der Waals surface area contributed by atoms with E-state index >= 15 is 0 Å². The van der Waals surface area contributed by atoms with Crippen molar-refractivity contribution in [2.75, 3.05) is 6.61 Å². The molecule has 0 aromatic rings. The normalized spacial score (nSPS) is 11.0. The predicted octanol–water partition coefficient (Wildman–Crippen LogP) is 0.856. The molecule has 2 N–H and O–H groups in total. The molecule has 5 heteroatoms. The van der Waals surface area contributed by atoms with Gasteiger partial charge < -0.3 is 14.9 Å². The predicted molar refractivity (Wildman–Crippen MR) is 44.2 cm³/mol. The first-order valence-electron chi connectivity index (χ1n) is 3.88. The molecule has 0 saturated carbocycles. The Hall–Kier alpha value is -1.52. The molecule has 0 spiro atoms. The van der Waals surface area contributed by atoms with Gasteiger partial charge in [0.15, 0.2) is 0 Å². The van der Waals surface area contributed by atoms with Crippen LogP contribution in [0, 0.1) is 0 Å². The molecule has 0 amide bonds. The van der Waals surface area contributed by atoms with Crippen LogP contribution in [-0.4, -0.2) is 28.8 Å². The number of rotatable bonds is 6. The van der Waals surface area contributed by atoms with Gasteiger partial charge in [0.1, 0.15) is 0 Å². The summed E-state index contributed by atoms with van der Waals surface area (Å²) < 4.78 is 4.74. The minimum absolute atomic E-state index is 0.224. The summed E-state index contributed by atoms with van der Waals surface area (Å²) in [5.74, 6) is -3.21. The largest absolute Gasteiger partial charge is 0.486 e. The lowest BCUT2D eigenvalue weighted by Crippen LogP contribution is -2.08. The lowest BCUT2D eigenvalue weighted by Gasteiger charge is -2.03. The van der Waals surface area contributed by atoms with Crippen molar-refractivity contribution in [3.8, 4) is 0 Å². The highest BCUT2D eigenvalue weighted by Gasteiger charge is 2.10. The maximum absolute atomic E-state index is 10.4. The van der Waals surface area contributed by atoms with Crippen LogP contribution in [-0.2, 0) is 14.3 Å². The second-order valence-corrected chi connectivity index (χ2v) is 2.35. The van der Waals surface area contributed by atoms with Crippen molar-refractivity contribution in [1.82, 2.24) is 0 Å². The molecule has 0 unspecified atom stereocenters. The third-order valence-electron chi connectivity index (χ3n) is 1.22. The molecular weight excluding hydrogens is 176 g/mol. The lowest BCUT2D eigenvalue weighted by molar-refractivity contribution is -0.138. The van der Waals surface area contributed by atoms with E-state index in [9.17, 15) is 9.59 Å². The average molecular weight is 188 g/mol. The smallest absolute Gasteiger partial charge is 0.371 e. The second kappa shape index (κ2) is 6.05. The van der Waals surface area contributed by atoms with Crippen LogP contribution in [0.3, 0.4) is 0 Å². The standard InChI is InChI=1S/C8H12O5/c1-2-3-4-13-6(8(11)12)5-7(9)10/h5H,2-4H2,1H3,(H,9,10)(H,11,12)/b6-5+. The summed E-state index contributed by atoms with van der Waals surface area (Å²) in [4.78, 5) is 20.5. The maximum atomic E-state index is 10.4. The highest BCUT2D eigenvalue weighted by Crippen LogP contribution is 2.00. The second-order valence-electron chi connectivity index (χ2n) is 2.35. The van der Waals surface area contributed by atoms with Crippen LogP contribution in [0.4, 0.5) is 0 Å². The number of carbonyl (C=O) groups is 2. The van der Waals surface area contributed by atoms with Gasteiger partial charge in [-0.05, 0) is 6.42 Å².